The number of rotatable bonds is 5. The van der Waals surface area contributed by atoms with E-state index in [1.54, 1.807) is 18.3 Å². The van der Waals surface area contributed by atoms with Crippen molar-refractivity contribution < 1.29 is 4.39 Å². The smallest absolute Gasteiger partial charge is 0.174 e. The second kappa shape index (κ2) is 8.55. The van der Waals surface area contributed by atoms with Crippen LogP contribution in [0, 0.1) is 5.82 Å². The molecule has 6 heteroatoms. The molecule has 0 unspecified atom stereocenters. The summed E-state index contributed by atoms with van der Waals surface area (Å²) in [6.07, 6.45) is 4.78. The zero-order valence-electron chi connectivity index (χ0n) is 17.6. The molecule has 1 aliphatic heterocycles. The number of aryl methyl sites for hydroxylation is 1. The highest BCUT2D eigenvalue weighted by molar-refractivity contribution is 7.80. The van der Waals surface area contributed by atoms with Gasteiger partial charge in [-0.3, -0.25) is 4.98 Å². The second-order valence-electron chi connectivity index (χ2n) is 7.80. The summed E-state index contributed by atoms with van der Waals surface area (Å²) in [5.41, 5.74) is 5.15. The lowest BCUT2D eigenvalue weighted by Crippen LogP contribution is -2.30. The first-order valence-corrected chi connectivity index (χ1v) is 11.1. The first-order chi connectivity index (χ1) is 15.7. The third kappa shape index (κ3) is 3.67. The van der Waals surface area contributed by atoms with Crippen LogP contribution in [0.3, 0.4) is 0 Å². The summed E-state index contributed by atoms with van der Waals surface area (Å²) in [5.74, 6) is -0.254. The van der Waals surface area contributed by atoms with Crippen LogP contribution >= 0.6 is 12.2 Å². The summed E-state index contributed by atoms with van der Waals surface area (Å²) in [4.78, 5) is 6.77. The second-order valence-corrected chi connectivity index (χ2v) is 8.18. The molecule has 4 aromatic rings. The predicted octanol–water partition coefficient (Wildman–Crippen LogP) is 5.75. The molecule has 32 heavy (non-hydrogen) atoms. The molecule has 0 saturated carbocycles. The number of thiocarbonyl (C=S) groups is 1. The van der Waals surface area contributed by atoms with Gasteiger partial charge in [-0.25, -0.2) is 4.39 Å². The molecule has 2 aromatic carbocycles. The van der Waals surface area contributed by atoms with Gasteiger partial charge in [0, 0.05) is 29.5 Å². The van der Waals surface area contributed by atoms with Crippen molar-refractivity contribution in [2.45, 2.75) is 25.4 Å². The number of nitrogens with zero attached hydrogens (tertiary/aromatic N) is 3. The molecule has 1 N–H and O–H groups in total. The molecule has 0 amide bonds. The van der Waals surface area contributed by atoms with Crippen molar-refractivity contribution in [1.29, 1.82) is 0 Å². The van der Waals surface area contributed by atoms with Crippen molar-refractivity contribution in [1.82, 2.24) is 14.9 Å². The number of nitrogens with one attached hydrogen (secondary N) is 1. The number of halogens is 1. The van der Waals surface area contributed by atoms with Crippen LogP contribution in [-0.4, -0.2) is 14.7 Å². The van der Waals surface area contributed by atoms with Crippen LogP contribution in [0.15, 0.2) is 91.3 Å². The fourth-order valence-corrected chi connectivity index (χ4v) is 4.64. The van der Waals surface area contributed by atoms with Gasteiger partial charge in [-0.2, -0.15) is 0 Å². The zero-order valence-corrected chi connectivity index (χ0v) is 18.5. The molecule has 0 spiro atoms. The van der Waals surface area contributed by atoms with Crippen molar-refractivity contribution in [3.05, 3.63) is 114 Å². The third-order valence-corrected chi connectivity index (χ3v) is 6.22. The number of pyridine rings is 1. The Morgan fingerprint density at radius 1 is 0.938 bits per heavy atom. The summed E-state index contributed by atoms with van der Waals surface area (Å²) in [7, 11) is 0. The van der Waals surface area contributed by atoms with E-state index in [-0.39, 0.29) is 17.9 Å². The Bertz CT molecular complexity index is 1220. The summed E-state index contributed by atoms with van der Waals surface area (Å²) in [5, 5.41) is 4.15. The minimum Gasteiger partial charge on any atom is -0.351 e. The Labute approximate surface area is 192 Å². The lowest BCUT2D eigenvalue weighted by atomic mass is 10.0. The fourth-order valence-electron chi connectivity index (χ4n) is 4.30. The minimum atomic E-state index is -0.254. The van der Waals surface area contributed by atoms with E-state index in [9.17, 15) is 4.39 Å². The molecule has 5 rings (SSSR count). The Kier molecular flexibility index (Phi) is 5.45. The largest absolute Gasteiger partial charge is 0.351 e. The highest BCUT2D eigenvalue weighted by Crippen LogP contribution is 2.42. The van der Waals surface area contributed by atoms with Crippen molar-refractivity contribution in [2.75, 3.05) is 4.90 Å². The van der Waals surface area contributed by atoms with E-state index in [2.05, 4.69) is 57.0 Å². The van der Waals surface area contributed by atoms with Crippen molar-refractivity contribution in [3.63, 3.8) is 0 Å². The van der Waals surface area contributed by atoms with E-state index < -0.39 is 0 Å². The quantitative estimate of drug-likeness (QED) is 0.399. The van der Waals surface area contributed by atoms with E-state index in [0.717, 1.165) is 29.2 Å². The van der Waals surface area contributed by atoms with Gasteiger partial charge in [0.25, 0.3) is 0 Å². The van der Waals surface area contributed by atoms with E-state index in [1.165, 1.54) is 17.7 Å². The number of aromatic nitrogens is 2. The first-order valence-electron chi connectivity index (χ1n) is 10.7. The van der Waals surface area contributed by atoms with Crippen LogP contribution in [0.1, 0.15) is 36.0 Å². The van der Waals surface area contributed by atoms with Crippen LogP contribution in [0.2, 0.25) is 0 Å². The summed E-state index contributed by atoms with van der Waals surface area (Å²) in [6.45, 7) is 2.15. The average Bonchev–Trinajstić information content (AvgIpc) is 3.44. The Morgan fingerprint density at radius 2 is 1.69 bits per heavy atom. The summed E-state index contributed by atoms with van der Waals surface area (Å²) >= 11 is 5.82. The molecular weight excluding hydrogens is 419 g/mol. The lowest BCUT2D eigenvalue weighted by Gasteiger charge is -2.29. The molecule has 2 aromatic heterocycles. The van der Waals surface area contributed by atoms with E-state index in [0.29, 0.717) is 5.11 Å². The van der Waals surface area contributed by atoms with Crippen LogP contribution < -0.4 is 10.2 Å². The third-order valence-electron chi connectivity index (χ3n) is 5.91. The Morgan fingerprint density at radius 3 is 2.38 bits per heavy atom. The molecule has 3 heterocycles. The van der Waals surface area contributed by atoms with Crippen molar-refractivity contribution >= 4 is 23.0 Å². The van der Waals surface area contributed by atoms with Gasteiger partial charge in [-0.1, -0.05) is 25.1 Å². The molecule has 0 radical (unpaired) electrons. The monoisotopic (exact) mass is 442 g/mol. The van der Waals surface area contributed by atoms with Gasteiger partial charge in [0.05, 0.1) is 11.7 Å². The molecule has 0 aliphatic carbocycles. The van der Waals surface area contributed by atoms with Gasteiger partial charge >= 0.3 is 0 Å². The van der Waals surface area contributed by atoms with Crippen LogP contribution in [-0.2, 0) is 6.42 Å². The normalized spacial score (nSPS) is 18.1. The molecule has 1 aliphatic rings. The first kappa shape index (κ1) is 20.4. The van der Waals surface area contributed by atoms with Crippen LogP contribution in [0.4, 0.5) is 10.1 Å². The minimum absolute atomic E-state index is 0.134. The van der Waals surface area contributed by atoms with Gasteiger partial charge in [0.1, 0.15) is 11.9 Å². The van der Waals surface area contributed by atoms with E-state index >= 15 is 0 Å². The molecule has 4 nitrogen and oxygen atoms in total. The number of hydrogen-bond donors (Lipinski definition) is 1. The number of anilines is 1. The summed E-state index contributed by atoms with van der Waals surface area (Å²) in [6, 6.07) is 24.8. The highest BCUT2D eigenvalue weighted by atomic mass is 32.1. The lowest BCUT2D eigenvalue weighted by molar-refractivity contribution is 0.549. The van der Waals surface area contributed by atoms with Gasteiger partial charge in [-0.05, 0) is 84.9 Å². The number of hydrogen-bond acceptors (Lipinski definition) is 2. The van der Waals surface area contributed by atoms with Crippen molar-refractivity contribution in [3.8, 4) is 5.69 Å². The Balaban J connectivity index is 1.64. The topological polar surface area (TPSA) is 33.1 Å². The van der Waals surface area contributed by atoms with E-state index in [1.807, 2.05) is 30.5 Å². The van der Waals surface area contributed by atoms with Crippen molar-refractivity contribution in [2.24, 2.45) is 0 Å². The number of benzene rings is 2. The fraction of sp³-hybridized carbons (Fsp3) is 0.154. The molecule has 160 valence electrons. The molecular formula is C26H23FN4S. The average molecular weight is 443 g/mol. The molecule has 1 saturated heterocycles. The van der Waals surface area contributed by atoms with Gasteiger partial charge < -0.3 is 14.8 Å². The van der Waals surface area contributed by atoms with Crippen LogP contribution in [0.5, 0.6) is 0 Å². The van der Waals surface area contributed by atoms with Gasteiger partial charge in [0.2, 0.25) is 0 Å². The highest BCUT2D eigenvalue weighted by Gasteiger charge is 2.42. The van der Waals surface area contributed by atoms with Gasteiger partial charge in [-0.15, -0.1) is 0 Å². The SMILES string of the molecule is CCc1ccc(N2C(=S)N[C@H](c3ccccn3)[C@H]2c2cccn2-c2ccc(F)cc2)cc1. The van der Waals surface area contributed by atoms with Gasteiger partial charge in [0.15, 0.2) is 5.11 Å². The molecule has 2 atom stereocenters. The van der Waals surface area contributed by atoms with Crippen LogP contribution in [0.25, 0.3) is 5.69 Å². The Hall–Kier alpha value is -3.51. The summed E-state index contributed by atoms with van der Waals surface area (Å²) < 4.78 is 15.6. The molecule has 1 fully saturated rings. The maximum absolute atomic E-state index is 13.6. The predicted molar refractivity (Wildman–Crippen MR) is 129 cm³/mol. The maximum atomic E-state index is 13.6. The molecule has 0 bridgehead atoms. The standard InChI is InChI=1S/C26H23FN4S/c1-2-18-8-12-21(13-9-18)31-25(24(29-26(31)32)22-6-3-4-16-28-22)23-7-5-17-30(23)20-14-10-19(27)11-15-20/h3-17,24-25H,2H2,1H3,(H,29,32)/t24-,25-/m1/s1. The van der Waals surface area contributed by atoms with E-state index in [4.69, 9.17) is 12.2 Å². The maximum Gasteiger partial charge on any atom is 0.174 e. The zero-order chi connectivity index (χ0) is 22.1.